The summed E-state index contributed by atoms with van der Waals surface area (Å²) in [5.41, 5.74) is 4.58. The number of carbonyl (C=O) groups is 2. The Hall–Kier alpha value is -3.00. The van der Waals surface area contributed by atoms with Gasteiger partial charge < -0.3 is 4.90 Å². The Morgan fingerprint density at radius 1 is 1.07 bits per heavy atom. The molecule has 1 aromatic heterocycles. The zero-order chi connectivity index (χ0) is 20.4. The zero-order valence-corrected chi connectivity index (χ0v) is 17.1. The van der Waals surface area contributed by atoms with Crippen molar-refractivity contribution in [3.63, 3.8) is 0 Å². The summed E-state index contributed by atoms with van der Waals surface area (Å²) < 4.78 is 1.65. The highest BCUT2D eigenvalue weighted by molar-refractivity contribution is 7.99. The van der Waals surface area contributed by atoms with Gasteiger partial charge in [0.2, 0.25) is 11.1 Å². The highest BCUT2D eigenvalue weighted by Gasteiger charge is 2.21. The van der Waals surface area contributed by atoms with E-state index in [1.807, 2.05) is 38.1 Å². The molecular weight excluding hydrogens is 386 g/mol. The van der Waals surface area contributed by atoms with Gasteiger partial charge in [-0.2, -0.15) is 4.68 Å². The van der Waals surface area contributed by atoms with Crippen LogP contribution in [-0.4, -0.2) is 44.2 Å². The summed E-state index contributed by atoms with van der Waals surface area (Å²) >= 11 is 1.31. The number of thioether (sulfide) groups is 1. The molecule has 7 nitrogen and oxygen atoms in total. The van der Waals surface area contributed by atoms with Crippen LogP contribution in [0.1, 0.15) is 34.3 Å². The summed E-state index contributed by atoms with van der Waals surface area (Å²) in [6.45, 7) is 4.79. The Labute approximate surface area is 173 Å². The molecular formula is C21H21N5O2S. The molecule has 0 aliphatic carbocycles. The average molecular weight is 407 g/mol. The van der Waals surface area contributed by atoms with Gasteiger partial charge in [0, 0.05) is 24.2 Å². The summed E-state index contributed by atoms with van der Waals surface area (Å²) in [5, 5.41) is 12.5. The molecule has 148 valence electrons. The lowest BCUT2D eigenvalue weighted by atomic mass is 10.1. The van der Waals surface area contributed by atoms with E-state index >= 15 is 0 Å². The molecule has 3 aromatic rings. The smallest absolute Gasteiger partial charge is 0.227 e. The minimum Gasteiger partial charge on any atom is -0.312 e. The number of nitrogens with zero attached hydrogens (tertiary/aromatic N) is 5. The molecule has 1 fully saturated rings. The quantitative estimate of drug-likeness (QED) is 0.460. The Bertz CT molecular complexity index is 1040. The summed E-state index contributed by atoms with van der Waals surface area (Å²) in [7, 11) is 0. The van der Waals surface area contributed by atoms with Crippen molar-refractivity contribution in [3.8, 4) is 5.69 Å². The number of benzene rings is 2. The minimum absolute atomic E-state index is 0.00993. The van der Waals surface area contributed by atoms with Crippen LogP contribution in [0, 0.1) is 13.8 Å². The van der Waals surface area contributed by atoms with Crippen molar-refractivity contribution < 1.29 is 9.59 Å². The van der Waals surface area contributed by atoms with E-state index in [0.717, 1.165) is 35.5 Å². The van der Waals surface area contributed by atoms with E-state index in [1.54, 1.807) is 21.7 Å². The molecule has 1 amide bonds. The lowest BCUT2D eigenvalue weighted by molar-refractivity contribution is -0.117. The SMILES string of the molecule is Cc1cc(C)cc(-n2nnnc2SCC(=O)c2ccc(N3CCCC3=O)cc2)c1. The second kappa shape index (κ2) is 8.16. The molecule has 1 saturated heterocycles. The van der Waals surface area contributed by atoms with Crippen molar-refractivity contribution in [3.05, 3.63) is 59.2 Å². The Kier molecular flexibility index (Phi) is 5.44. The van der Waals surface area contributed by atoms with Gasteiger partial charge in [-0.05, 0) is 78.2 Å². The van der Waals surface area contributed by atoms with E-state index in [-0.39, 0.29) is 17.4 Å². The molecule has 29 heavy (non-hydrogen) atoms. The van der Waals surface area contributed by atoms with Crippen molar-refractivity contribution in [2.75, 3.05) is 17.2 Å². The molecule has 4 rings (SSSR count). The second-order valence-corrected chi connectivity index (χ2v) is 8.07. The molecule has 0 bridgehead atoms. The van der Waals surface area contributed by atoms with E-state index in [1.165, 1.54) is 11.8 Å². The van der Waals surface area contributed by atoms with Gasteiger partial charge in [-0.25, -0.2) is 0 Å². The average Bonchev–Trinajstić information content (AvgIpc) is 3.34. The summed E-state index contributed by atoms with van der Waals surface area (Å²) in [4.78, 5) is 26.2. The van der Waals surface area contributed by atoms with Gasteiger partial charge >= 0.3 is 0 Å². The number of aromatic nitrogens is 4. The maximum atomic E-state index is 12.6. The lowest BCUT2D eigenvalue weighted by Crippen LogP contribution is -2.23. The number of Topliss-reactive ketones (excluding diaryl/α,β-unsaturated/α-hetero) is 1. The van der Waals surface area contributed by atoms with Crippen molar-refractivity contribution in [1.29, 1.82) is 0 Å². The molecule has 0 spiro atoms. The monoisotopic (exact) mass is 407 g/mol. The first kappa shape index (κ1) is 19.3. The normalized spacial score (nSPS) is 13.9. The van der Waals surface area contributed by atoms with E-state index in [2.05, 4.69) is 21.6 Å². The third-order valence-electron chi connectivity index (χ3n) is 4.80. The second-order valence-electron chi connectivity index (χ2n) is 7.13. The van der Waals surface area contributed by atoms with Gasteiger partial charge in [-0.1, -0.05) is 17.8 Å². The number of hydrogen-bond acceptors (Lipinski definition) is 6. The molecule has 1 aliphatic rings. The van der Waals surface area contributed by atoms with Crippen molar-refractivity contribution >= 4 is 29.1 Å². The first-order valence-electron chi connectivity index (χ1n) is 9.45. The third-order valence-corrected chi connectivity index (χ3v) is 5.72. The Morgan fingerprint density at radius 2 is 1.79 bits per heavy atom. The van der Waals surface area contributed by atoms with Crippen LogP contribution in [0.4, 0.5) is 5.69 Å². The molecule has 0 unspecified atom stereocenters. The van der Waals surface area contributed by atoms with Gasteiger partial charge in [-0.3, -0.25) is 9.59 Å². The van der Waals surface area contributed by atoms with Gasteiger partial charge in [0.1, 0.15) is 0 Å². The fourth-order valence-corrected chi connectivity index (χ4v) is 4.25. The number of rotatable bonds is 6. The van der Waals surface area contributed by atoms with Crippen LogP contribution >= 0.6 is 11.8 Å². The van der Waals surface area contributed by atoms with Crippen molar-refractivity contribution in [1.82, 2.24) is 20.2 Å². The van der Waals surface area contributed by atoms with Crippen LogP contribution in [0.3, 0.4) is 0 Å². The standard InChI is InChI=1S/C21H21N5O2S/c1-14-10-15(2)12-18(11-14)26-21(22-23-24-26)29-13-19(27)16-5-7-17(8-6-16)25-9-3-4-20(25)28/h5-8,10-12H,3-4,9,13H2,1-2H3. The maximum Gasteiger partial charge on any atom is 0.227 e. The van der Waals surface area contributed by atoms with Gasteiger partial charge in [0.05, 0.1) is 11.4 Å². The van der Waals surface area contributed by atoms with Crippen molar-refractivity contribution in [2.45, 2.75) is 31.8 Å². The fourth-order valence-electron chi connectivity index (χ4n) is 3.47. The minimum atomic E-state index is -0.00993. The zero-order valence-electron chi connectivity index (χ0n) is 16.3. The van der Waals surface area contributed by atoms with E-state index < -0.39 is 0 Å². The van der Waals surface area contributed by atoms with Crippen LogP contribution in [0.25, 0.3) is 5.69 Å². The molecule has 0 radical (unpaired) electrons. The lowest BCUT2D eigenvalue weighted by Gasteiger charge is -2.15. The number of tetrazole rings is 1. The predicted octanol–water partition coefficient (Wildman–Crippen LogP) is 3.38. The van der Waals surface area contributed by atoms with Crippen LogP contribution in [0.15, 0.2) is 47.6 Å². The Morgan fingerprint density at radius 3 is 2.45 bits per heavy atom. The number of aryl methyl sites for hydroxylation is 2. The molecule has 1 aliphatic heterocycles. The number of ketones is 1. The van der Waals surface area contributed by atoms with E-state index in [9.17, 15) is 9.59 Å². The van der Waals surface area contributed by atoms with Crippen LogP contribution < -0.4 is 4.90 Å². The van der Waals surface area contributed by atoms with Crippen LogP contribution in [0.5, 0.6) is 0 Å². The number of amides is 1. The number of hydrogen-bond donors (Lipinski definition) is 0. The third kappa shape index (κ3) is 4.22. The Balaban J connectivity index is 1.44. The maximum absolute atomic E-state index is 12.6. The van der Waals surface area contributed by atoms with Gasteiger partial charge in [0.15, 0.2) is 5.78 Å². The molecule has 0 saturated carbocycles. The molecule has 2 aromatic carbocycles. The number of carbonyl (C=O) groups excluding carboxylic acids is 2. The van der Waals surface area contributed by atoms with Crippen LogP contribution in [0.2, 0.25) is 0 Å². The molecule has 8 heteroatoms. The van der Waals surface area contributed by atoms with Gasteiger partial charge in [0.25, 0.3) is 0 Å². The fraction of sp³-hybridized carbons (Fsp3) is 0.286. The van der Waals surface area contributed by atoms with E-state index in [0.29, 0.717) is 17.1 Å². The highest BCUT2D eigenvalue weighted by atomic mass is 32.2. The van der Waals surface area contributed by atoms with Gasteiger partial charge in [-0.15, -0.1) is 5.10 Å². The topological polar surface area (TPSA) is 81.0 Å². The van der Waals surface area contributed by atoms with Crippen molar-refractivity contribution in [2.24, 2.45) is 0 Å². The molecule has 2 heterocycles. The summed E-state index contributed by atoms with van der Waals surface area (Å²) in [6, 6.07) is 13.3. The number of anilines is 1. The largest absolute Gasteiger partial charge is 0.312 e. The summed E-state index contributed by atoms with van der Waals surface area (Å²) in [6.07, 6.45) is 1.47. The van der Waals surface area contributed by atoms with Crippen LogP contribution in [-0.2, 0) is 4.79 Å². The first-order valence-corrected chi connectivity index (χ1v) is 10.4. The highest BCUT2D eigenvalue weighted by Crippen LogP contribution is 2.24. The molecule has 0 N–H and O–H groups in total. The van der Waals surface area contributed by atoms with E-state index in [4.69, 9.17) is 0 Å². The molecule has 0 atom stereocenters. The summed E-state index contributed by atoms with van der Waals surface area (Å²) in [5.74, 6) is 0.356. The predicted molar refractivity (Wildman–Crippen MR) is 112 cm³/mol. The first-order chi connectivity index (χ1) is 14.0.